The molecule has 0 heterocycles. The summed E-state index contributed by atoms with van der Waals surface area (Å²) in [5, 5.41) is 0. The molecule has 0 rings (SSSR count). The molecule has 112 valence electrons. The molecule has 0 bridgehead atoms. The number of hydrogen-bond acceptors (Lipinski definition) is 12. The fraction of sp³-hybridized carbons (Fsp3) is 0. The van der Waals surface area contributed by atoms with E-state index in [1.807, 2.05) is 0 Å². The smallest absolute Gasteiger partial charge is 0.759 e. The van der Waals surface area contributed by atoms with Crippen LogP contribution in [0.25, 0.3) is 0 Å². The van der Waals surface area contributed by atoms with E-state index in [1.54, 1.807) is 0 Å². The van der Waals surface area contributed by atoms with E-state index in [4.69, 9.17) is 52.6 Å². The molecule has 0 fully saturated rings. The molecule has 0 aromatic carbocycles. The van der Waals surface area contributed by atoms with Gasteiger partial charge in [0.05, 0.1) is 0 Å². The molecule has 0 aliphatic carbocycles. The van der Waals surface area contributed by atoms with Gasteiger partial charge in [-0.25, -0.2) is 0 Å². The van der Waals surface area contributed by atoms with E-state index >= 15 is 0 Å². The largest absolute Gasteiger partial charge is 3.00 e. The van der Waals surface area contributed by atoms with Crippen molar-refractivity contribution in [2.24, 2.45) is 0 Å². The standard InChI is InChI=1S/2Mn.3H2O4S.H2O/c;;3*1-5(2,3)4;/h;;3*(H2,1,2,3,4);1H2/q2*+3;;;;/p-6. The molecule has 18 heavy (non-hydrogen) atoms. The van der Waals surface area contributed by atoms with Gasteiger partial charge in [-0.2, -0.15) is 0 Å². The quantitative estimate of drug-likeness (QED) is 0.204. The summed E-state index contributed by atoms with van der Waals surface area (Å²) in [6.45, 7) is 0. The molecule has 0 radical (unpaired) electrons. The third-order valence-electron chi connectivity index (χ3n) is 0. The van der Waals surface area contributed by atoms with Gasteiger partial charge in [-0.1, -0.05) is 0 Å². The first-order chi connectivity index (χ1) is 6.00. The number of hydrogen-bond donors (Lipinski definition) is 0. The van der Waals surface area contributed by atoms with E-state index < -0.39 is 31.2 Å². The van der Waals surface area contributed by atoms with Crippen LogP contribution in [0.1, 0.15) is 0 Å². The van der Waals surface area contributed by atoms with E-state index in [0.29, 0.717) is 0 Å². The molecular weight excluding hydrogens is 414 g/mol. The first-order valence-corrected chi connectivity index (χ1v) is 6.00. The van der Waals surface area contributed by atoms with Crippen molar-refractivity contribution in [1.82, 2.24) is 0 Å². The van der Waals surface area contributed by atoms with Gasteiger partial charge in [0, 0.05) is 31.2 Å². The molecule has 0 aromatic heterocycles. The maximum atomic E-state index is 8.52. The third kappa shape index (κ3) is 10900. The minimum atomic E-state index is -5.17. The zero-order valence-corrected chi connectivity index (χ0v) is 12.2. The fourth-order valence-corrected chi connectivity index (χ4v) is 0. The molecule has 0 atom stereocenters. The van der Waals surface area contributed by atoms with Crippen LogP contribution in [0.15, 0.2) is 0 Å². The van der Waals surface area contributed by atoms with Gasteiger partial charge in [0.2, 0.25) is 0 Å². The van der Waals surface area contributed by atoms with Crippen LogP contribution in [0.2, 0.25) is 0 Å². The van der Waals surface area contributed by atoms with Crippen molar-refractivity contribution in [3.63, 3.8) is 0 Å². The van der Waals surface area contributed by atoms with Crippen LogP contribution in [-0.2, 0) is 65.3 Å². The first-order valence-electron chi connectivity index (χ1n) is 2.00. The summed E-state index contributed by atoms with van der Waals surface area (Å²) < 4.78 is 102. The van der Waals surface area contributed by atoms with Crippen LogP contribution >= 0.6 is 0 Å². The molecule has 18 heteroatoms. The van der Waals surface area contributed by atoms with Crippen LogP contribution in [0, 0.1) is 0 Å². The van der Waals surface area contributed by atoms with Gasteiger partial charge in [-0.15, -0.1) is 0 Å². The minimum absolute atomic E-state index is 0. The average Bonchev–Trinajstić information content (AvgIpc) is 1.41. The summed E-state index contributed by atoms with van der Waals surface area (Å²) in [6.07, 6.45) is 0. The second kappa shape index (κ2) is 14.0. The molecule has 0 saturated carbocycles. The van der Waals surface area contributed by atoms with Crippen molar-refractivity contribution >= 4 is 31.2 Å². The van der Waals surface area contributed by atoms with Crippen LogP contribution in [0.3, 0.4) is 0 Å². The third-order valence-corrected chi connectivity index (χ3v) is 0. The summed E-state index contributed by atoms with van der Waals surface area (Å²) in [6, 6.07) is 0. The van der Waals surface area contributed by atoms with Gasteiger partial charge < -0.3 is 32.8 Å². The molecule has 0 unspecified atom stereocenters. The van der Waals surface area contributed by atoms with Gasteiger partial charge >= 0.3 is 34.1 Å². The molecule has 0 aliphatic rings. The number of rotatable bonds is 0. The Kier molecular flexibility index (Phi) is 28.3. The van der Waals surface area contributed by atoms with Gasteiger partial charge in [0.25, 0.3) is 0 Å². The molecule has 0 aliphatic heterocycles. The Balaban J connectivity index is -0.0000000277. The van der Waals surface area contributed by atoms with Gasteiger partial charge in [0.1, 0.15) is 0 Å². The monoisotopic (exact) mass is 416 g/mol. The van der Waals surface area contributed by atoms with Gasteiger partial charge in [-0.3, -0.25) is 25.3 Å². The predicted octanol–water partition coefficient (Wildman–Crippen LogP) is -4.84. The van der Waals surface area contributed by atoms with Crippen LogP contribution in [0.5, 0.6) is 0 Å². The first kappa shape index (κ1) is 36.3. The Hall–Kier alpha value is 0.609. The maximum Gasteiger partial charge on any atom is 3.00 e. The molecule has 0 saturated heterocycles. The molecule has 0 amide bonds. The zero-order valence-electron chi connectivity index (χ0n) is 7.38. The van der Waals surface area contributed by atoms with Crippen molar-refractivity contribution in [1.29, 1.82) is 0 Å². The average molecular weight is 416 g/mol. The summed E-state index contributed by atoms with van der Waals surface area (Å²) in [5.41, 5.74) is 0. The Morgan fingerprint density at radius 1 is 0.444 bits per heavy atom. The van der Waals surface area contributed by atoms with Crippen molar-refractivity contribution < 1.29 is 92.2 Å². The second-order valence-electron chi connectivity index (χ2n) is 1.22. The molecule has 13 nitrogen and oxygen atoms in total. The Bertz CT molecular complexity index is 341. The van der Waals surface area contributed by atoms with Crippen molar-refractivity contribution in [3.8, 4) is 0 Å². The predicted molar refractivity (Wildman–Crippen MR) is 35.0 cm³/mol. The summed E-state index contributed by atoms with van der Waals surface area (Å²) in [7, 11) is -15.5. The Morgan fingerprint density at radius 3 is 0.444 bits per heavy atom. The van der Waals surface area contributed by atoms with E-state index in [0.717, 1.165) is 0 Å². The summed E-state index contributed by atoms with van der Waals surface area (Å²) in [4.78, 5) is 0. The van der Waals surface area contributed by atoms with Crippen LogP contribution < -0.4 is 0 Å². The van der Waals surface area contributed by atoms with Crippen molar-refractivity contribution in [2.45, 2.75) is 0 Å². The van der Waals surface area contributed by atoms with Gasteiger partial charge in [0.15, 0.2) is 0 Å². The SMILES string of the molecule is O.O=S(=O)([O-])[O-].O=S(=O)([O-])[O-].O=S(=O)([O-])[O-].[Mn+3].[Mn+3]. The normalized spacial score (nSPS) is 9.67. The Labute approximate surface area is 123 Å². The topological polar surface area (TPSA) is 272 Å². The Morgan fingerprint density at radius 2 is 0.444 bits per heavy atom. The minimum Gasteiger partial charge on any atom is -0.759 e. The fourth-order valence-electron chi connectivity index (χ4n) is 0. The molecular formula is H2Mn2O13S3. The molecule has 0 spiro atoms. The second-order valence-corrected chi connectivity index (χ2v) is 3.67. The summed E-state index contributed by atoms with van der Waals surface area (Å²) in [5.74, 6) is 0. The van der Waals surface area contributed by atoms with Crippen molar-refractivity contribution in [2.75, 3.05) is 0 Å². The molecule has 0 aromatic rings. The maximum absolute atomic E-state index is 8.52. The van der Waals surface area contributed by atoms with Crippen LogP contribution in [0.4, 0.5) is 0 Å². The zero-order chi connectivity index (χ0) is 13.5. The van der Waals surface area contributed by atoms with E-state index in [1.165, 1.54) is 0 Å². The van der Waals surface area contributed by atoms with E-state index in [2.05, 4.69) is 0 Å². The molecule has 2 N–H and O–H groups in total. The van der Waals surface area contributed by atoms with Gasteiger partial charge in [-0.05, 0) is 0 Å². The van der Waals surface area contributed by atoms with E-state index in [-0.39, 0.29) is 39.6 Å². The summed E-state index contributed by atoms with van der Waals surface area (Å²) >= 11 is 0. The van der Waals surface area contributed by atoms with Crippen molar-refractivity contribution in [3.05, 3.63) is 0 Å². The van der Waals surface area contributed by atoms with Crippen LogP contribution in [-0.4, -0.2) is 58.0 Å². The van der Waals surface area contributed by atoms with E-state index in [9.17, 15) is 0 Å².